The normalized spacial score (nSPS) is 10.1. The molecule has 0 spiro atoms. The van der Waals surface area contributed by atoms with Gasteiger partial charge in [-0.3, -0.25) is 9.78 Å². The number of nitrogens with one attached hydrogen (secondary N) is 1. The molecule has 2 rings (SSSR count). The van der Waals surface area contributed by atoms with E-state index in [1.165, 1.54) is 18.5 Å². The highest BCUT2D eigenvalue weighted by atomic mass is 19.1. The van der Waals surface area contributed by atoms with E-state index in [-0.39, 0.29) is 12.4 Å². The van der Waals surface area contributed by atoms with Gasteiger partial charge in [0, 0.05) is 17.3 Å². The van der Waals surface area contributed by atoms with Crippen molar-refractivity contribution in [3.63, 3.8) is 0 Å². The van der Waals surface area contributed by atoms with Crippen LogP contribution in [-0.4, -0.2) is 22.6 Å². The van der Waals surface area contributed by atoms with E-state index in [9.17, 15) is 9.18 Å². The highest BCUT2D eigenvalue weighted by Gasteiger charge is 2.09. The molecule has 0 aliphatic heterocycles. The lowest BCUT2D eigenvalue weighted by molar-refractivity contribution is -0.134. The number of benzene rings is 1. The average Bonchev–Trinajstić information content (AvgIpc) is 2.37. The average molecular weight is 246 g/mol. The zero-order chi connectivity index (χ0) is 13.0. The van der Waals surface area contributed by atoms with E-state index in [0.717, 1.165) is 0 Å². The maximum absolute atomic E-state index is 13.7. The number of aliphatic carboxylic acids is 1. The number of nitrogens with zero attached hydrogens (tertiary/aromatic N) is 1. The summed E-state index contributed by atoms with van der Waals surface area (Å²) in [4.78, 5) is 14.4. The van der Waals surface area contributed by atoms with Crippen LogP contribution in [-0.2, 0) is 4.79 Å². The quantitative estimate of drug-likeness (QED) is 0.869. The summed E-state index contributed by atoms with van der Waals surface area (Å²) in [6.07, 6.45) is 3.01. The van der Waals surface area contributed by atoms with Crippen LogP contribution in [0.15, 0.2) is 42.7 Å². The second-order valence-electron chi connectivity index (χ2n) is 3.65. The van der Waals surface area contributed by atoms with Crippen molar-refractivity contribution in [3.05, 3.63) is 48.5 Å². The van der Waals surface area contributed by atoms with E-state index in [1.54, 1.807) is 24.3 Å². The number of carboxylic acid groups (broad SMARTS) is 1. The molecular weight excluding hydrogens is 235 g/mol. The molecule has 0 atom stereocenters. The van der Waals surface area contributed by atoms with Gasteiger partial charge in [0.15, 0.2) is 0 Å². The molecule has 5 heteroatoms. The summed E-state index contributed by atoms with van der Waals surface area (Å²) in [5.74, 6) is -1.35. The summed E-state index contributed by atoms with van der Waals surface area (Å²) in [7, 11) is 0. The Bertz CT molecular complexity index is 572. The third-order valence-electron chi connectivity index (χ3n) is 2.42. The molecule has 0 saturated heterocycles. The number of carbonyl (C=O) groups is 1. The fraction of sp³-hybridized carbons (Fsp3) is 0.0769. The monoisotopic (exact) mass is 246 g/mol. The standard InChI is InChI=1S/C13H11FN2O2/c14-11-4-2-1-3-9(11)10-5-6-15-7-12(10)16-8-13(17)18/h1-7,16H,8H2,(H,17,18). The minimum atomic E-state index is -0.988. The van der Waals surface area contributed by atoms with Gasteiger partial charge in [-0.25, -0.2) is 4.39 Å². The van der Waals surface area contributed by atoms with E-state index < -0.39 is 5.97 Å². The van der Waals surface area contributed by atoms with Crippen LogP contribution in [0.2, 0.25) is 0 Å². The zero-order valence-corrected chi connectivity index (χ0v) is 9.43. The van der Waals surface area contributed by atoms with E-state index in [1.807, 2.05) is 0 Å². The lowest BCUT2D eigenvalue weighted by Crippen LogP contribution is -2.13. The first-order valence-corrected chi connectivity index (χ1v) is 5.33. The van der Waals surface area contributed by atoms with Crippen molar-refractivity contribution in [2.75, 3.05) is 11.9 Å². The summed E-state index contributed by atoms with van der Waals surface area (Å²) in [6, 6.07) is 7.96. The van der Waals surface area contributed by atoms with E-state index in [4.69, 9.17) is 5.11 Å². The molecule has 0 fully saturated rings. The first kappa shape index (κ1) is 12.0. The summed E-state index contributed by atoms with van der Waals surface area (Å²) < 4.78 is 13.7. The van der Waals surface area contributed by atoms with Crippen LogP contribution in [0.3, 0.4) is 0 Å². The van der Waals surface area contributed by atoms with Gasteiger partial charge in [0.1, 0.15) is 12.4 Å². The van der Waals surface area contributed by atoms with Crippen LogP contribution in [0.1, 0.15) is 0 Å². The highest BCUT2D eigenvalue weighted by Crippen LogP contribution is 2.28. The Labute approximate surface area is 103 Å². The predicted octanol–water partition coefficient (Wildman–Crippen LogP) is 2.38. The molecule has 0 bridgehead atoms. The van der Waals surface area contributed by atoms with Crippen molar-refractivity contribution in [2.45, 2.75) is 0 Å². The number of hydrogen-bond donors (Lipinski definition) is 2. The number of carboxylic acids is 1. The van der Waals surface area contributed by atoms with Gasteiger partial charge >= 0.3 is 5.97 Å². The first-order chi connectivity index (χ1) is 8.68. The predicted molar refractivity (Wildman–Crippen MR) is 65.8 cm³/mol. The van der Waals surface area contributed by atoms with Gasteiger partial charge in [-0.2, -0.15) is 0 Å². The van der Waals surface area contributed by atoms with Crippen molar-refractivity contribution in [1.82, 2.24) is 4.98 Å². The molecule has 0 saturated carbocycles. The first-order valence-electron chi connectivity index (χ1n) is 5.33. The molecule has 2 aromatic rings. The van der Waals surface area contributed by atoms with Crippen molar-refractivity contribution in [1.29, 1.82) is 0 Å². The molecule has 18 heavy (non-hydrogen) atoms. The largest absolute Gasteiger partial charge is 0.480 e. The van der Waals surface area contributed by atoms with Crippen molar-refractivity contribution < 1.29 is 14.3 Å². The van der Waals surface area contributed by atoms with E-state index >= 15 is 0 Å². The molecule has 1 aromatic heterocycles. The van der Waals surface area contributed by atoms with E-state index in [2.05, 4.69) is 10.3 Å². The number of rotatable bonds is 4. The van der Waals surface area contributed by atoms with Gasteiger partial charge in [0.25, 0.3) is 0 Å². The fourth-order valence-electron chi connectivity index (χ4n) is 1.62. The second kappa shape index (κ2) is 5.27. The maximum Gasteiger partial charge on any atom is 0.322 e. The van der Waals surface area contributed by atoms with Crippen LogP contribution in [0.25, 0.3) is 11.1 Å². The molecule has 0 aliphatic carbocycles. The van der Waals surface area contributed by atoms with E-state index in [0.29, 0.717) is 16.8 Å². The third kappa shape index (κ3) is 2.63. The second-order valence-corrected chi connectivity index (χ2v) is 3.65. The van der Waals surface area contributed by atoms with Gasteiger partial charge in [-0.05, 0) is 12.1 Å². The Morgan fingerprint density at radius 3 is 2.78 bits per heavy atom. The minimum Gasteiger partial charge on any atom is -0.480 e. The van der Waals surface area contributed by atoms with Crippen molar-refractivity contribution >= 4 is 11.7 Å². The Morgan fingerprint density at radius 1 is 1.28 bits per heavy atom. The lowest BCUT2D eigenvalue weighted by Gasteiger charge is -2.10. The summed E-state index contributed by atoms with van der Waals surface area (Å²) in [6.45, 7) is -0.243. The van der Waals surface area contributed by atoms with Crippen LogP contribution < -0.4 is 5.32 Å². The molecule has 0 radical (unpaired) electrons. The molecule has 0 unspecified atom stereocenters. The summed E-state index contributed by atoms with van der Waals surface area (Å²) in [5, 5.41) is 11.3. The summed E-state index contributed by atoms with van der Waals surface area (Å²) in [5.41, 5.74) is 1.49. The SMILES string of the molecule is O=C(O)CNc1cnccc1-c1ccccc1F. The maximum atomic E-state index is 13.7. The minimum absolute atomic E-state index is 0.243. The number of aromatic nitrogens is 1. The van der Waals surface area contributed by atoms with Gasteiger partial charge in [-0.15, -0.1) is 0 Å². The van der Waals surface area contributed by atoms with Crippen molar-refractivity contribution in [2.24, 2.45) is 0 Å². The smallest absolute Gasteiger partial charge is 0.322 e. The Kier molecular flexibility index (Phi) is 3.52. The lowest BCUT2D eigenvalue weighted by atomic mass is 10.0. The van der Waals surface area contributed by atoms with Gasteiger partial charge in [0.2, 0.25) is 0 Å². The van der Waals surface area contributed by atoms with Gasteiger partial charge in [0.05, 0.1) is 11.9 Å². The highest BCUT2D eigenvalue weighted by molar-refractivity contribution is 5.80. The molecule has 1 heterocycles. The van der Waals surface area contributed by atoms with Crippen molar-refractivity contribution in [3.8, 4) is 11.1 Å². The molecule has 0 amide bonds. The molecule has 4 nitrogen and oxygen atoms in total. The topological polar surface area (TPSA) is 62.2 Å². The molecule has 2 N–H and O–H groups in total. The zero-order valence-electron chi connectivity index (χ0n) is 9.43. The Balaban J connectivity index is 2.39. The molecular formula is C13H11FN2O2. The number of pyridine rings is 1. The molecule has 0 aliphatic rings. The van der Waals surface area contributed by atoms with Crippen LogP contribution in [0.4, 0.5) is 10.1 Å². The number of halogens is 1. The van der Waals surface area contributed by atoms with Crippen LogP contribution >= 0.6 is 0 Å². The number of hydrogen-bond acceptors (Lipinski definition) is 3. The Morgan fingerprint density at radius 2 is 2.06 bits per heavy atom. The summed E-state index contributed by atoms with van der Waals surface area (Å²) >= 11 is 0. The van der Waals surface area contributed by atoms with Crippen LogP contribution in [0.5, 0.6) is 0 Å². The fourth-order valence-corrected chi connectivity index (χ4v) is 1.62. The number of anilines is 1. The molecule has 1 aromatic carbocycles. The van der Waals surface area contributed by atoms with Gasteiger partial charge < -0.3 is 10.4 Å². The third-order valence-corrected chi connectivity index (χ3v) is 2.42. The van der Waals surface area contributed by atoms with Crippen LogP contribution in [0, 0.1) is 5.82 Å². The Hall–Kier alpha value is -2.43. The molecule has 92 valence electrons. The van der Waals surface area contributed by atoms with Gasteiger partial charge in [-0.1, -0.05) is 18.2 Å².